The summed E-state index contributed by atoms with van der Waals surface area (Å²) in [5.74, 6) is -1.31. The van der Waals surface area contributed by atoms with E-state index in [9.17, 15) is 14.7 Å². The number of aliphatic carboxylic acids is 1. The van der Waals surface area contributed by atoms with Gasteiger partial charge in [-0.25, -0.2) is 4.79 Å². The molecule has 2 N–H and O–H groups in total. The lowest BCUT2D eigenvalue weighted by atomic mass is 9.81. The molecule has 1 amide bonds. The Morgan fingerprint density at radius 1 is 1.28 bits per heavy atom. The summed E-state index contributed by atoms with van der Waals surface area (Å²) in [7, 11) is 0. The molecular weight excluding hydrogens is 232 g/mol. The van der Waals surface area contributed by atoms with Gasteiger partial charge in [0.25, 0.3) is 5.91 Å². The van der Waals surface area contributed by atoms with E-state index in [0.29, 0.717) is 18.4 Å². The zero-order chi connectivity index (χ0) is 13.0. The van der Waals surface area contributed by atoms with Crippen molar-refractivity contribution < 1.29 is 14.7 Å². The first kappa shape index (κ1) is 12.5. The zero-order valence-electron chi connectivity index (χ0n) is 10.1. The van der Waals surface area contributed by atoms with E-state index in [2.05, 4.69) is 10.3 Å². The number of carbonyl (C=O) groups excluding carboxylic acids is 1. The quantitative estimate of drug-likeness (QED) is 0.851. The number of carbonyl (C=O) groups is 2. The molecule has 0 aliphatic heterocycles. The van der Waals surface area contributed by atoms with Crippen LogP contribution in [0.15, 0.2) is 24.5 Å². The Balaban J connectivity index is 2.15. The summed E-state index contributed by atoms with van der Waals surface area (Å²) in [6.07, 6.45) is 6.69. The average molecular weight is 248 g/mol. The molecule has 0 atom stereocenters. The summed E-state index contributed by atoms with van der Waals surface area (Å²) >= 11 is 0. The molecule has 0 bridgehead atoms. The highest BCUT2D eigenvalue weighted by molar-refractivity contribution is 5.97. The SMILES string of the molecule is O=C(NC1(C(=O)O)CCCCC1)c1cccnc1. The van der Waals surface area contributed by atoms with E-state index in [1.807, 2.05) is 0 Å². The maximum absolute atomic E-state index is 12.0. The van der Waals surface area contributed by atoms with Gasteiger partial charge in [-0.15, -0.1) is 0 Å². The number of nitrogens with zero attached hydrogens (tertiary/aromatic N) is 1. The van der Waals surface area contributed by atoms with Gasteiger partial charge in [-0.3, -0.25) is 9.78 Å². The van der Waals surface area contributed by atoms with Gasteiger partial charge in [0.05, 0.1) is 5.56 Å². The third kappa shape index (κ3) is 2.50. The molecule has 1 fully saturated rings. The Labute approximate surface area is 105 Å². The Morgan fingerprint density at radius 2 is 2.00 bits per heavy atom. The number of hydrogen-bond acceptors (Lipinski definition) is 3. The van der Waals surface area contributed by atoms with Gasteiger partial charge in [-0.2, -0.15) is 0 Å². The molecule has 0 saturated heterocycles. The van der Waals surface area contributed by atoms with E-state index < -0.39 is 11.5 Å². The highest BCUT2D eigenvalue weighted by Gasteiger charge is 2.41. The molecule has 2 rings (SSSR count). The smallest absolute Gasteiger partial charge is 0.329 e. The number of nitrogens with one attached hydrogen (secondary N) is 1. The lowest BCUT2D eigenvalue weighted by Crippen LogP contribution is -2.55. The number of carboxylic acids is 1. The molecule has 1 aromatic rings. The van der Waals surface area contributed by atoms with Crippen molar-refractivity contribution >= 4 is 11.9 Å². The Morgan fingerprint density at radius 3 is 2.56 bits per heavy atom. The lowest BCUT2D eigenvalue weighted by molar-refractivity contribution is -0.145. The van der Waals surface area contributed by atoms with Crippen molar-refractivity contribution in [2.24, 2.45) is 0 Å². The minimum atomic E-state index is -1.11. The van der Waals surface area contributed by atoms with Crippen LogP contribution in [0.5, 0.6) is 0 Å². The molecule has 5 heteroatoms. The van der Waals surface area contributed by atoms with Gasteiger partial charge in [0.2, 0.25) is 0 Å². The number of aromatic nitrogens is 1. The van der Waals surface area contributed by atoms with Crippen LogP contribution in [0.4, 0.5) is 0 Å². The van der Waals surface area contributed by atoms with Crippen LogP contribution in [0.25, 0.3) is 0 Å². The van der Waals surface area contributed by atoms with Gasteiger partial charge < -0.3 is 10.4 Å². The predicted octanol–water partition coefficient (Wildman–Crippen LogP) is 1.60. The maximum Gasteiger partial charge on any atom is 0.329 e. The summed E-state index contributed by atoms with van der Waals surface area (Å²) in [6.45, 7) is 0. The fourth-order valence-electron chi connectivity index (χ4n) is 2.33. The molecule has 1 saturated carbocycles. The molecule has 1 aliphatic rings. The summed E-state index contributed by atoms with van der Waals surface area (Å²) in [4.78, 5) is 27.3. The second-order valence-electron chi connectivity index (χ2n) is 4.64. The van der Waals surface area contributed by atoms with Gasteiger partial charge in [0, 0.05) is 12.4 Å². The monoisotopic (exact) mass is 248 g/mol. The van der Waals surface area contributed by atoms with Crippen LogP contribution in [-0.4, -0.2) is 27.5 Å². The van der Waals surface area contributed by atoms with Crippen molar-refractivity contribution in [2.45, 2.75) is 37.6 Å². The van der Waals surface area contributed by atoms with Gasteiger partial charge in [-0.1, -0.05) is 19.3 Å². The summed E-state index contributed by atoms with van der Waals surface area (Å²) in [5.41, 5.74) is -0.714. The Hall–Kier alpha value is -1.91. The highest BCUT2D eigenvalue weighted by atomic mass is 16.4. The van der Waals surface area contributed by atoms with Crippen LogP contribution in [0.3, 0.4) is 0 Å². The zero-order valence-corrected chi connectivity index (χ0v) is 10.1. The molecule has 1 aromatic heterocycles. The molecule has 0 radical (unpaired) electrons. The first-order valence-electron chi connectivity index (χ1n) is 6.10. The van der Waals surface area contributed by atoms with Crippen LogP contribution >= 0.6 is 0 Å². The number of pyridine rings is 1. The Kier molecular flexibility index (Phi) is 3.60. The third-order valence-corrected chi connectivity index (χ3v) is 3.39. The average Bonchev–Trinajstić information content (AvgIpc) is 2.40. The van der Waals surface area contributed by atoms with Crippen molar-refractivity contribution in [3.63, 3.8) is 0 Å². The maximum atomic E-state index is 12.0. The van der Waals surface area contributed by atoms with E-state index in [1.54, 1.807) is 18.3 Å². The standard InChI is InChI=1S/C13H16N2O3/c16-11(10-5-4-8-14-9-10)15-13(12(17)18)6-2-1-3-7-13/h4-5,8-9H,1-3,6-7H2,(H,15,16)(H,17,18). The summed E-state index contributed by atoms with van der Waals surface area (Å²) in [6, 6.07) is 3.28. The summed E-state index contributed by atoms with van der Waals surface area (Å²) < 4.78 is 0. The highest BCUT2D eigenvalue weighted by Crippen LogP contribution is 2.28. The van der Waals surface area contributed by atoms with Crippen LogP contribution in [0, 0.1) is 0 Å². The molecular formula is C13H16N2O3. The molecule has 18 heavy (non-hydrogen) atoms. The second kappa shape index (κ2) is 5.16. The van der Waals surface area contributed by atoms with E-state index >= 15 is 0 Å². The molecule has 0 aromatic carbocycles. The first-order valence-corrected chi connectivity index (χ1v) is 6.10. The molecule has 0 spiro atoms. The van der Waals surface area contributed by atoms with Crippen molar-refractivity contribution in [1.82, 2.24) is 10.3 Å². The van der Waals surface area contributed by atoms with Gasteiger partial charge in [0.1, 0.15) is 5.54 Å². The topological polar surface area (TPSA) is 79.3 Å². The largest absolute Gasteiger partial charge is 0.480 e. The van der Waals surface area contributed by atoms with Gasteiger partial charge >= 0.3 is 5.97 Å². The van der Waals surface area contributed by atoms with E-state index in [1.165, 1.54) is 6.20 Å². The van der Waals surface area contributed by atoms with E-state index in [4.69, 9.17) is 0 Å². The van der Waals surface area contributed by atoms with Crippen molar-refractivity contribution in [3.8, 4) is 0 Å². The minimum absolute atomic E-state index is 0.368. The molecule has 1 heterocycles. The minimum Gasteiger partial charge on any atom is -0.480 e. The predicted molar refractivity (Wildman–Crippen MR) is 65.2 cm³/mol. The molecule has 1 aliphatic carbocycles. The van der Waals surface area contributed by atoms with E-state index in [-0.39, 0.29) is 5.91 Å². The molecule has 0 unspecified atom stereocenters. The van der Waals surface area contributed by atoms with Gasteiger partial charge in [-0.05, 0) is 25.0 Å². The number of hydrogen-bond donors (Lipinski definition) is 2. The van der Waals surface area contributed by atoms with Crippen LogP contribution < -0.4 is 5.32 Å². The second-order valence-corrected chi connectivity index (χ2v) is 4.64. The number of carboxylic acid groups (broad SMARTS) is 1. The first-order chi connectivity index (χ1) is 8.64. The Bertz CT molecular complexity index is 439. The van der Waals surface area contributed by atoms with Crippen LogP contribution in [0.1, 0.15) is 42.5 Å². The fourth-order valence-corrected chi connectivity index (χ4v) is 2.33. The van der Waals surface area contributed by atoms with Crippen molar-refractivity contribution in [2.75, 3.05) is 0 Å². The number of amides is 1. The van der Waals surface area contributed by atoms with Crippen LogP contribution in [-0.2, 0) is 4.79 Å². The van der Waals surface area contributed by atoms with Crippen molar-refractivity contribution in [3.05, 3.63) is 30.1 Å². The molecule has 5 nitrogen and oxygen atoms in total. The van der Waals surface area contributed by atoms with Crippen LogP contribution in [0.2, 0.25) is 0 Å². The summed E-state index contributed by atoms with van der Waals surface area (Å²) in [5, 5.41) is 12.0. The third-order valence-electron chi connectivity index (χ3n) is 3.39. The molecule has 96 valence electrons. The van der Waals surface area contributed by atoms with Gasteiger partial charge in [0.15, 0.2) is 0 Å². The number of rotatable bonds is 3. The normalized spacial score (nSPS) is 18.0. The fraction of sp³-hybridized carbons (Fsp3) is 0.462. The van der Waals surface area contributed by atoms with E-state index in [0.717, 1.165) is 19.3 Å². The lowest BCUT2D eigenvalue weighted by Gasteiger charge is -2.33. The van der Waals surface area contributed by atoms with Crippen molar-refractivity contribution in [1.29, 1.82) is 0 Å².